The number of nitrogens with zero attached hydrogens (tertiary/aromatic N) is 2. The molecule has 0 bridgehead atoms. The molecule has 0 aliphatic rings. The standard InChI is InChI=1S/C19H23ClN2O5/c1-4-27-18(23)13-22(9-10-25-2)19(24)14-11-15(20)16(12-17(14)26-3)21-7-5-6-8-21/h5-8,11-12H,4,9-10,13H2,1-3H3. The van der Waals surface area contributed by atoms with Crippen LogP contribution in [-0.4, -0.2) is 61.9 Å². The second-order valence-electron chi connectivity index (χ2n) is 5.62. The first-order chi connectivity index (χ1) is 13.0. The second-order valence-corrected chi connectivity index (χ2v) is 6.03. The Bertz CT molecular complexity index is 777. The zero-order valence-corrected chi connectivity index (χ0v) is 16.4. The normalized spacial score (nSPS) is 10.5. The van der Waals surface area contributed by atoms with Gasteiger partial charge < -0.3 is 23.7 Å². The molecule has 0 saturated heterocycles. The maximum absolute atomic E-state index is 13.0. The predicted molar refractivity (Wildman–Crippen MR) is 102 cm³/mol. The highest BCUT2D eigenvalue weighted by Gasteiger charge is 2.24. The van der Waals surface area contributed by atoms with E-state index >= 15 is 0 Å². The Kier molecular flexibility index (Phi) is 7.69. The van der Waals surface area contributed by atoms with Crippen LogP contribution in [0, 0.1) is 0 Å². The predicted octanol–water partition coefficient (Wildman–Crippen LogP) is 2.79. The smallest absolute Gasteiger partial charge is 0.325 e. The van der Waals surface area contributed by atoms with Crippen LogP contribution >= 0.6 is 11.6 Å². The van der Waals surface area contributed by atoms with Crippen molar-refractivity contribution in [3.8, 4) is 11.4 Å². The summed E-state index contributed by atoms with van der Waals surface area (Å²) >= 11 is 6.39. The number of ether oxygens (including phenoxy) is 3. The molecule has 2 aromatic rings. The number of hydrogen-bond acceptors (Lipinski definition) is 5. The van der Waals surface area contributed by atoms with Gasteiger partial charge in [0.1, 0.15) is 12.3 Å². The molecule has 0 atom stereocenters. The highest BCUT2D eigenvalue weighted by Crippen LogP contribution is 2.30. The summed E-state index contributed by atoms with van der Waals surface area (Å²) in [5.41, 5.74) is 0.947. The molecule has 0 aliphatic heterocycles. The van der Waals surface area contributed by atoms with Gasteiger partial charge in [0.15, 0.2) is 0 Å². The highest BCUT2D eigenvalue weighted by molar-refractivity contribution is 6.33. The minimum atomic E-state index is -0.490. The average molecular weight is 395 g/mol. The molecule has 1 aromatic carbocycles. The summed E-state index contributed by atoms with van der Waals surface area (Å²) in [4.78, 5) is 26.3. The minimum Gasteiger partial charge on any atom is -0.496 e. The van der Waals surface area contributed by atoms with E-state index < -0.39 is 11.9 Å². The van der Waals surface area contributed by atoms with Crippen molar-refractivity contribution in [2.24, 2.45) is 0 Å². The third-order valence-corrected chi connectivity index (χ3v) is 4.16. The van der Waals surface area contributed by atoms with Gasteiger partial charge >= 0.3 is 5.97 Å². The van der Waals surface area contributed by atoms with Crippen molar-refractivity contribution in [3.05, 3.63) is 47.2 Å². The number of amides is 1. The van der Waals surface area contributed by atoms with Crippen molar-refractivity contribution in [2.45, 2.75) is 6.92 Å². The number of halogens is 1. The van der Waals surface area contributed by atoms with Crippen LogP contribution in [-0.2, 0) is 14.3 Å². The molecule has 0 spiro atoms. The number of benzene rings is 1. The monoisotopic (exact) mass is 394 g/mol. The summed E-state index contributed by atoms with van der Waals surface area (Å²) in [6.45, 7) is 2.28. The van der Waals surface area contributed by atoms with Crippen molar-refractivity contribution in [3.63, 3.8) is 0 Å². The SMILES string of the molecule is CCOC(=O)CN(CCOC)C(=O)c1cc(Cl)c(-n2cccc2)cc1OC. The lowest BCUT2D eigenvalue weighted by atomic mass is 10.1. The summed E-state index contributed by atoms with van der Waals surface area (Å²) in [5, 5.41) is 0.387. The number of carbonyl (C=O) groups is 2. The first-order valence-electron chi connectivity index (χ1n) is 8.46. The van der Waals surface area contributed by atoms with Gasteiger partial charge in [0.2, 0.25) is 0 Å². The zero-order chi connectivity index (χ0) is 19.8. The highest BCUT2D eigenvalue weighted by atomic mass is 35.5. The quantitative estimate of drug-likeness (QED) is 0.612. The van der Waals surface area contributed by atoms with E-state index in [0.29, 0.717) is 16.5 Å². The zero-order valence-electron chi connectivity index (χ0n) is 15.6. The Morgan fingerprint density at radius 2 is 1.89 bits per heavy atom. The lowest BCUT2D eigenvalue weighted by molar-refractivity contribution is -0.143. The molecular weight excluding hydrogens is 372 g/mol. The Labute approximate surface area is 163 Å². The average Bonchev–Trinajstić information content (AvgIpc) is 3.19. The maximum Gasteiger partial charge on any atom is 0.325 e. The third kappa shape index (κ3) is 5.24. The van der Waals surface area contributed by atoms with Gasteiger partial charge in [-0.1, -0.05) is 11.6 Å². The molecule has 7 nitrogen and oxygen atoms in total. The summed E-state index contributed by atoms with van der Waals surface area (Å²) in [5.74, 6) is -0.520. The lowest BCUT2D eigenvalue weighted by Crippen LogP contribution is -2.39. The van der Waals surface area contributed by atoms with Crippen molar-refractivity contribution >= 4 is 23.5 Å². The Morgan fingerprint density at radius 1 is 1.19 bits per heavy atom. The Hall–Kier alpha value is -2.51. The Morgan fingerprint density at radius 3 is 2.48 bits per heavy atom. The fraction of sp³-hybridized carbons (Fsp3) is 0.368. The van der Waals surface area contributed by atoms with Crippen molar-refractivity contribution < 1.29 is 23.8 Å². The molecular formula is C19H23ClN2O5. The molecule has 1 amide bonds. The fourth-order valence-corrected chi connectivity index (χ4v) is 2.82. The first kappa shape index (κ1) is 20.8. The van der Waals surface area contributed by atoms with Crippen LogP contribution in [0.15, 0.2) is 36.7 Å². The summed E-state index contributed by atoms with van der Waals surface area (Å²) < 4.78 is 17.2. The lowest BCUT2D eigenvalue weighted by Gasteiger charge is -2.23. The van der Waals surface area contributed by atoms with Crippen LogP contribution in [0.1, 0.15) is 17.3 Å². The van der Waals surface area contributed by atoms with Crippen LogP contribution in [0.2, 0.25) is 5.02 Å². The van der Waals surface area contributed by atoms with Crippen LogP contribution in [0.5, 0.6) is 5.75 Å². The van der Waals surface area contributed by atoms with Crippen LogP contribution in [0.3, 0.4) is 0 Å². The number of carbonyl (C=O) groups excluding carboxylic acids is 2. The van der Waals surface area contributed by atoms with Crippen molar-refractivity contribution in [2.75, 3.05) is 40.5 Å². The number of methoxy groups -OCH3 is 2. The number of aromatic nitrogens is 1. The van der Waals surface area contributed by atoms with Crippen LogP contribution in [0.25, 0.3) is 5.69 Å². The molecule has 146 valence electrons. The molecule has 1 aromatic heterocycles. The minimum absolute atomic E-state index is 0.184. The van der Waals surface area contributed by atoms with Crippen molar-refractivity contribution in [1.82, 2.24) is 9.47 Å². The van der Waals surface area contributed by atoms with E-state index in [9.17, 15) is 9.59 Å². The van der Waals surface area contributed by atoms with Gasteiger partial charge in [-0.25, -0.2) is 0 Å². The molecule has 0 unspecified atom stereocenters. The van der Waals surface area contributed by atoms with E-state index in [4.69, 9.17) is 25.8 Å². The van der Waals surface area contributed by atoms with Crippen molar-refractivity contribution in [1.29, 1.82) is 0 Å². The number of rotatable bonds is 9. The summed E-state index contributed by atoms with van der Waals surface area (Å²) in [6, 6.07) is 6.97. The van der Waals surface area contributed by atoms with E-state index in [0.717, 1.165) is 0 Å². The van der Waals surface area contributed by atoms with E-state index in [2.05, 4.69) is 0 Å². The molecule has 0 N–H and O–H groups in total. The first-order valence-corrected chi connectivity index (χ1v) is 8.84. The number of hydrogen-bond donors (Lipinski definition) is 0. The van der Waals surface area contributed by atoms with Gasteiger partial charge in [-0.05, 0) is 25.1 Å². The summed E-state index contributed by atoms with van der Waals surface area (Å²) in [7, 11) is 3.00. The van der Waals surface area contributed by atoms with Gasteiger partial charge in [-0.15, -0.1) is 0 Å². The van der Waals surface area contributed by atoms with E-state index in [1.54, 1.807) is 19.1 Å². The molecule has 8 heteroatoms. The van der Waals surface area contributed by atoms with Gasteiger partial charge in [0.05, 0.1) is 36.6 Å². The van der Waals surface area contributed by atoms with Gasteiger partial charge in [-0.2, -0.15) is 0 Å². The Balaban J connectivity index is 2.35. The van der Waals surface area contributed by atoms with E-state index in [1.165, 1.54) is 19.1 Å². The van der Waals surface area contributed by atoms with Gasteiger partial charge in [0.25, 0.3) is 5.91 Å². The molecule has 0 radical (unpaired) electrons. The third-order valence-electron chi connectivity index (χ3n) is 3.86. The van der Waals surface area contributed by atoms with Crippen LogP contribution in [0.4, 0.5) is 0 Å². The molecule has 1 heterocycles. The largest absolute Gasteiger partial charge is 0.496 e. The molecule has 0 aliphatic carbocycles. The molecule has 2 rings (SSSR count). The molecule has 27 heavy (non-hydrogen) atoms. The number of esters is 1. The second kappa shape index (κ2) is 9.99. The fourth-order valence-electron chi connectivity index (χ4n) is 2.56. The molecule has 0 saturated carbocycles. The van der Waals surface area contributed by atoms with Gasteiger partial charge in [-0.3, -0.25) is 9.59 Å². The van der Waals surface area contributed by atoms with E-state index in [1.807, 2.05) is 29.1 Å². The van der Waals surface area contributed by atoms with Crippen LogP contribution < -0.4 is 4.74 Å². The molecule has 0 fully saturated rings. The topological polar surface area (TPSA) is 70.0 Å². The van der Waals surface area contributed by atoms with Gasteiger partial charge in [0, 0.05) is 32.1 Å². The maximum atomic E-state index is 13.0. The summed E-state index contributed by atoms with van der Waals surface area (Å²) in [6.07, 6.45) is 3.68. The van der Waals surface area contributed by atoms with E-state index in [-0.39, 0.29) is 31.9 Å².